The number of rotatable bonds is 5. The molecule has 1 heterocycles. The van der Waals surface area contributed by atoms with Gasteiger partial charge in [0.2, 0.25) is 0 Å². The van der Waals surface area contributed by atoms with Gasteiger partial charge in [-0.05, 0) is 19.3 Å². The van der Waals surface area contributed by atoms with Crippen molar-refractivity contribution in [1.29, 1.82) is 0 Å². The second-order valence-electron chi connectivity index (χ2n) is 4.24. The Morgan fingerprint density at radius 1 is 1.47 bits per heavy atom. The minimum absolute atomic E-state index is 0.509. The van der Waals surface area contributed by atoms with E-state index in [9.17, 15) is 5.11 Å². The van der Waals surface area contributed by atoms with E-state index in [-0.39, 0.29) is 0 Å². The van der Waals surface area contributed by atoms with Gasteiger partial charge in [-0.3, -0.25) is 4.99 Å². The molecule has 0 amide bonds. The molecule has 1 rings (SSSR count). The average Bonchev–Trinajstić information content (AvgIpc) is 2.64. The molecular formula is C11H23N3O. The van der Waals surface area contributed by atoms with Crippen LogP contribution in [-0.2, 0) is 0 Å². The second kappa shape index (κ2) is 5.35. The minimum atomic E-state index is -0.509. The van der Waals surface area contributed by atoms with Gasteiger partial charge in [0.05, 0.1) is 12.1 Å². The highest BCUT2D eigenvalue weighted by molar-refractivity contribution is 5.81. The topological polar surface area (TPSA) is 47.9 Å². The summed E-state index contributed by atoms with van der Waals surface area (Å²) in [7, 11) is 2.03. The normalized spacial score (nSPS) is 16.8. The molecule has 0 aromatic rings. The Balaban J connectivity index is 2.26. The summed E-state index contributed by atoms with van der Waals surface area (Å²) in [6, 6.07) is 0. The lowest BCUT2D eigenvalue weighted by Gasteiger charge is -2.26. The fraction of sp³-hybridized carbons (Fsp3) is 0.909. The van der Waals surface area contributed by atoms with Crippen LogP contribution in [0.25, 0.3) is 0 Å². The Morgan fingerprint density at radius 2 is 2.13 bits per heavy atom. The number of nitrogens with one attached hydrogen (secondary N) is 1. The summed E-state index contributed by atoms with van der Waals surface area (Å²) in [6.45, 7) is 6.73. The quantitative estimate of drug-likeness (QED) is 0.711. The molecule has 0 radical (unpaired) electrons. The van der Waals surface area contributed by atoms with E-state index in [1.54, 1.807) is 0 Å². The van der Waals surface area contributed by atoms with Crippen LogP contribution in [-0.4, -0.2) is 48.2 Å². The lowest BCUT2D eigenvalue weighted by atomic mass is 9.94. The van der Waals surface area contributed by atoms with E-state index in [0.717, 1.165) is 44.9 Å². The van der Waals surface area contributed by atoms with Crippen molar-refractivity contribution >= 4 is 5.96 Å². The minimum Gasteiger partial charge on any atom is -0.390 e. The molecule has 0 unspecified atom stereocenters. The fourth-order valence-corrected chi connectivity index (χ4v) is 1.73. The first-order valence-corrected chi connectivity index (χ1v) is 5.83. The number of aliphatic hydroxyl groups is 1. The van der Waals surface area contributed by atoms with E-state index in [2.05, 4.69) is 15.2 Å². The second-order valence-corrected chi connectivity index (χ2v) is 4.24. The molecular weight excluding hydrogens is 190 g/mol. The van der Waals surface area contributed by atoms with Crippen LogP contribution in [0, 0.1) is 0 Å². The van der Waals surface area contributed by atoms with Crippen molar-refractivity contribution in [2.75, 3.05) is 26.7 Å². The third-order valence-electron chi connectivity index (χ3n) is 3.25. The van der Waals surface area contributed by atoms with Gasteiger partial charge in [0, 0.05) is 20.1 Å². The van der Waals surface area contributed by atoms with Crippen molar-refractivity contribution in [1.82, 2.24) is 10.2 Å². The molecule has 0 fully saturated rings. The van der Waals surface area contributed by atoms with Gasteiger partial charge < -0.3 is 15.3 Å². The first-order chi connectivity index (χ1) is 7.11. The number of hydrogen-bond acceptors (Lipinski definition) is 4. The van der Waals surface area contributed by atoms with E-state index >= 15 is 0 Å². The van der Waals surface area contributed by atoms with Gasteiger partial charge in [0.25, 0.3) is 0 Å². The number of hydrogen-bond donors (Lipinski definition) is 2. The first-order valence-electron chi connectivity index (χ1n) is 5.83. The summed E-state index contributed by atoms with van der Waals surface area (Å²) in [5.74, 6) is 0.963. The van der Waals surface area contributed by atoms with Crippen molar-refractivity contribution in [3.63, 3.8) is 0 Å². The maximum atomic E-state index is 10.1. The maximum absolute atomic E-state index is 10.1. The third-order valence-corrected chi connectivity index (χ3v) is 3.25. The molecule has 0 aromatic carbocycles. The van der Waals surface area contributed by atoms with Gasteiger partial charge in [-0.15, -0.1) is 0 Å². The molecule has 4 nitrogen and oxygen atoms in total. The molecule has 2 N–H and O–H groups in total. The van der Waals surface area contributed by atoms with Crippen LogP contribution in [0.15, 0.2) is 4.99 Å². The van der Waals surface area contributed by atoms with Crippen LogP contribution in [0.5, 0.6) is 0 Å². The molecule has 0 aliphatic carbocycles. The third kappa shape index (κ3) is 3.38. The van der Waals surface area contributed by atoms with Gasteiger partial charge in [-0.1, -0.05) is 13.8 Å². The summed E-state index contributed by atoms with van der Waals surface area (Å²) in [4.78, 5) is 6.45. The molecule has 15 heavy (non-hydrogen) atoms. The Labute approximate surface area is 92.4 Å². The van der Waals surface area contributed by atoms with Crippen molar-refractivity contribution < 1.29 is 5.11 Å². The molecule has 0 atom stereocenters. The molecule has 0 bridgehead atoms. The Bertz CT molecular complexity index is 224. The maximum Gasteiger partial charge on any atom is 0.193 e. The van der Waals surface area contributed by atoms with Gasteiger partial charge in [0.1, 0.15) is 0 Å². The summed E-state index contributed by atoms with van der Waals surface area (Å²) in [6.07, 6.45) is 2.41. The predicted octanol–water partition coefficient (Wildman–Crippen LogP) is 0.819. The van der Waals surface area contributed by atoms with Crippen LogP contribution in [0.3, 0.4) is 0 Å². The van der Waals surface area contributed by atoms with E-state index in [4.69, 9.17) is 0 Å². The summed E-state index contributed by atoms with van der Waals surface area (Å²) in [5.41, 5.74) is -0.509. The molecule has 0 saturated heterocycles. The average molecular weight is 213 g/mol. The number of likely N-dealkylation sites (N-methyl/N-ethyl adjacent to an activating group) is 1. The molecule has 88 valence electrons. The first kappa shape index (κ1) is 12.3. The Morgan fingerprint density at radius 3 is 2.60 bits per heavy atom. The highest BCUT2D eigenvalue weighted by Crippen LogP contribution is 2.18. The highest BCUT2D eigenvalue weighted by atomic mass is 16.3. The van der Waals surface area contributed by atoms with Gasteiger partial charge in [-0.2, -0.15) is 0 Å². The largest absolute Gasteiger partial charge is 0.390 e. The van der Waals surface area contributed by atoms with Gasteiger partial charge >= 0.3 is 0 Å². The van der Waals surface area contributed by atoms with E-state index in [0.29, 0.717) is 0 Å². The Hall–Kier alpha value is -0.770. The van der Waals surface area contributed by atoms with Gasteiger partial charge in [0.15, 0.2) is 5.96 Å². The van der Waals surface area contributed by atoms with E-state index in [1.165, 1.54) is 0 Å². The molecule has 1 aliphatic rings. The van der Waals surface area contributed by atoms with Gasteiger partial charge in [-0.25, -0.2) is 0 Å². The molecule has 4 heteroatoms. The molecule has 1 aliphatic heterocycles. The summed E-state index contributed by atoms with van der Waals surface area (Å²) < 4.78 is 0. The smallest absolute Gasteiger partial charge is 0.193 e. The number of aliphatic imine (C=N–C) groups is 1. The highest BCUT2D eigenvalue weighted by Gasteiger charge is 2.22. The van der Waals surface area contributed by atoms with Crippen molar-refractivity contribution in [2.24, 2.45) is 4.99 Å². The number of guanidine groups is 1. The van der Waals surface area contributed by atoms with Crippen LogP contribution < -0.4 is 5.32 Å². The zero-order valence-electron chi connectivity index (χ0n) is 10.1. The molecule has 0 aromatic heterocycles. The van der Waals surface area contributed by atoms with E-state index in [1.807, 2.05) is 20.9 Å². The number of nitrogens with zero attached hydrogens (tertiary/aromatic N) is 2. The zero-order chi connectivity index (χ0) is 11.3. The molecule has 0 saturated carbocycles. The van der Waals surface area contributed by atoms with Crippen LogP contribution in [0.2, 0.25) is 0 Å². The van der Waals surface area contributed by atoms with Crippen molar-refractivity contribution in [3.05, 3.63) is 0 Å². The fourth-order valence-electron chi connectivity index (χ4n) is 1.73. The van der Waals surface area contributed by atoms with Crippen LogP contribution in [0.1, 0.15) is 33.1 Å². The molecule has 0 spiro atoms. The van der Waals surface area contributed by atoms with Crippen molar-refractivity contribution in [3.8, 4) is 0 Å². The monoisotopic (exact) mass is 213 g/mol. The van der Waals surface area contributed by atoms with Crippen molar-refractivity contribution in [2.45, 2.75) is 38.7 Å². The SMILES string of the molecule is CCC(O)(CC)CCNC1=NCCN1C. The van der Waals surface area contributed by atoms with Crippen LogP contribution >= 0.6 is 0 Å². The lowest BCUT2D eigenvalue weighted by molar-refractivity contribution is 0.0249. The van der Waals surface area contributed by atoms with E-state index < -0.39 is 5.60 Å². The Kier molecular flexibility index (Phi) is 4.39. The standard InChI is InChI=1S/C11H23N3O/c1-4-11(15,5-2)6-7-12-10-13-8-9-14(10)3/h15H,4-9H2,1-3H3,(H,12,13). The summed E-state index contributed by atoms with van der Waals surface area (Å²) in [5, 5.41) is 13.3. The van der Waals surface area contributed by atoms with Crippen LogP contribution in [0.4, 0.5) is 0 Å². The summed E-state index contributed by atoms with van der Waals surface area (Å²) >= 11 is 0. The predicted molar refractivity (Wildman–Crippen MR) is 63.1 cm³/mol. The zero-order valence-corrected chi connectivity index (χ0v) is 10.1. The lowest BCUT2D eigenvalue weighted by Crippen LogP contribution is -2.39.